The molecule has 0 radical (unpaired) electrons. The molecular weight excluding hydrogens is 188 g/mol. The van der Waals surface area contributed by atoms with Gasteiger partial charge in [-0.2, -0.15) is 0 Å². The van der Waals surface area contributed by atoms with Gasteiger partial charge in [0.1, 0.15) is 0 Å². The Morgan fingerprint density at radius 3 is 2.67 bits per heavy atom. The molecule has 3 heteroatoms. The third-order valence-electron chi connectivity index (χ3n) is 2.63. The van der Waals surface area contributed by atoms with E-state index in [4.69, 9.17) is 5.73 Å². The SMILES string of the molecule is CCC(C)(O)CNc1ccc(C)cc1N. The first-order valence-corrected chi connectivity index (χ1v) is 5.27. The Labute approximate surface area is 91.3 Å². The Bertz CT molecular complexity index is 334. The molecule has 1 atom stereocenters. The number of rotatable bonds is 4. The van der Waals surface area contributed by atoms with E-state index < -0.39 is 5.60 Å². The average molecular weight is 208 g/mol. The van der Waals surface area contributed by atoms with Crippen LogP contribution in [0, 0.1) is 6.92 Å². The second-order valence-corrected chi connectivity index (χ2v) is 4.29. The van der Waals surface area contributed by atoms with Gasteiger partial charge in [-0.3, -0.25) is 0 Å². The van der Waals surface area contributed by atoms with Gasteiger partial charge in [-0.05, 0) is 38.0 Å². The summed E-state index contributed by atoms with van der Waals surface area (Å²) in [6.07, 6.45) is 0.714. The van der Waals surface area contributed by atoms with Crippen LogP contribution in [0.3, 0.4) is 0 Å². The summed E-state index contributed by atoms with van der Waals surface area (Å²) in [4.78, 5) is 0. The molecule has 15 heavy (non-hydrogen) atoms. The van der Waals surface area contributed by atoms with Crippen molar-refractivity contribution in [2.75, 3.05) is 17.6 Å². The maximum absolute atomic E-state index is 9.83. The van der Waals surface area contributed by atoms with Crippen molar-refractivity contribution < 1.29 is 5.11 Å². The predicted molar refractivity (Wildman–Crippen MR) is 65.0 cm³/mol. The summed E-state index contributed by atoms with van der Waals surface area (Å²) in [6, 6.07) is 5.86. The van der Waals surface area contributed by atoms with Crippen molar-refractivity contribution in [1.82, 2.24) is 0 Å². The van der Waals surface area contributed by atoms with E-state index in [-0.39, 0.29) is 0 Å². The van der Waals surface area contributed by atoms with Gasteiger partial charge in [-0.1, -0.05) is 13.0 Å². The highest BCUT2D eigenvalue weighted by Crippen LogP contribution is 2.20. The molecule has 0 heterocycles. The van der Waals surface area contributed by atoms with Crippen LogP contribution in [0.5, 0.6) is 0 Å². The molecule has 0 bridgehead atoms. The van der Waals surface area contributed by atoms with Crippen LogP contribution in [0.15, 0.2) is 18.2 Å². The molecule has 0 spiro atoms. The third kappa shape index (κ3) is 3.44. The van der Waals surface area contributed by atoms with Gasteiger partial charge in [-0.15, -0.1) is 0 Å². The lowest BCUT2D eigenvalue weighted by Gasteiger charge is -2.22. The predicted octanol–water partition coefficient (Wildman–Crippen LogP) is 2.15. The van der Waals surface area contributed by atoms with Crippen LogP contribution in [0.1, 0.15) is 25.8 Å². The van der Waals surface area contributed by atoms with Gasteiger partial charge in [0.25, 0.3) is 0 Å². The number of aryl methyl sites for hydroxylation is 1. The van der Waals surface area contributed by atoms with Crippen LogP contribution in [0.2, 0.25) is 0 Å². The molecule has 0 aliphatic heterocycles. The fourth-order valence-electron chi connectivity index (χ4n) is 1.25. The molecule has 0 aliphatic rings. The maximum atomic E-state index is 9.83. The van der Waals surface area contributed by atoms with Crippen molar-refractivity contribution in [3.05, 3.63) is 23.8 Å². The molecule has 0 aromatic heterocycles. The van der Waals surface area contributed by atoms with E-state index in [1.54, 1.807) is 0 Å². The lowest BCUT2D eigenvalue weighted by Crippen LogP contribution is -2.32. The number of nitrogens with two attached hydrogens (primary N) is 1. The largest absolute Gasteiger partial charge is 0.397 e. The summed E-state index contributed by atoms with van der Waals surface area (Å²) in [6.45, 7) is 6.28. The summed E-state index contributed by atoms with van der Waals surface area (Å²) in [5.41, 5.74) is 7.91. The lowest BCUT2D eigenvalue weighted by molar-refractivity contribution is 0.0697. The Kier molecular flexibility index (Phi) is 3.58. The first-order chi connectivity index (χ1) is 6.94. The van der Waals surface area contributed by atoms with Crippen molar-refractivity contribution in [3.63, 3.8) is 0 Å². The monoisotopic (exact) mass is 208 g/mol. The molecule has 1 unspecified atom stereocenters. The molecule has 1 aromatic carbocycles. The van der Waals surface area contributed by atoms with Crippen molar-refractivity contribution in [3.8, 4) is 0 Å². The first-order valence-electron chi connectivity index (χ1n) is 5.27. The highest BCUT2D eigenvalue weighted by Gasteiger charge is 2.17. The molecule has 1 rings (SSSR count). The van der Waals surface area contributed by atoms with E-state index in [2.05, 4.69) is 5.32 Å². The second kappa shape index (κ2) is 4.53. The first kappa shape index (κ1) is 11.9. The number of anilines is 2. The number of aliphatic hydroxyl groups is 1. The van der Waals surface area contributed by atoms with Crippen molar-refractivity contribution in [2.24, 2.45) is 0 Å². The zero-order valence-corrected chi connectivity index (χ0v) is 9.67. The Morgan fingerprint density at radius 1 is 1.47 bits per heavy atom. The van der Waals surface area contributed by atoms with E-state index in [1.807, 2.05) is 39.0 Å². The fourth-order valence-corrected chi connectivity index (χ4v) is 1.25. The van der Waals surface area contributed by atoms with Gasteiger partial charge in [-0.25, -0.2) is 0 Å². The topological polar surface area (TPSA) is 58.3 Å². The normalized spacial score (nSPS) is 14.7. The minimum atomic E-state index is -0.683. The van der Waals surface area contributed by atoms with Crippen LogP contribution in [0.25, 0.3) is 0 Å². The van der Waals surface area contributed by atoms with Crippen LogP contribution in [0.4, 0.5) is 11.4 Å². The minimum Gasteiger partial charge on any atom is -0.397 e. The number of hydrogen-bond acceptors (Lipinski definition) is 3. The van der Waals surface area contributed by atoms with E-state index in [9.17, 15) is 5.11 Å². The smallest absolute Gasteiger partial charge is 0.0788 e. The van der Waals surface area contributed by atoms with Crippen molar-refractivity contribution >= 4 is 11.4 Å². The summed E-state index contributed by atoms with van der Waals surface area (Å²) >= 11 is 0. The number of nitrogen functional groups attached to an aromatic ring is 1. The van der Waals surface area contributed by atoms with Crippen LogP contribution in [-0.2, 0) is 0 Å². The van der Waals surface area contributed by atoms with Gasteiger partial charge in [0.05, 0.1) is 17.0 Å². The summed E-state index contributed by atoms with van der Waals surface area (Å²) in [5, 5.41) is 13.0. The molecule has 3 nitrogen and oxygen atoms in total. The molecule has 4 N–H and O–H groups in total. The van der Waals surface area contributed by atoms with E-state index in [0.29, 0.717) is 13.0 Å². The Balaban J connectivity index is 2.66. The molecule has 0 amide bonds. The molecular formula is C12H20N2O. The minimum absolute atomic E-state index is 0.511. The highest BCUT2D eigenvalue weighted by molar-refractivity contribution is 5.66. The lowest BCUT2D eigenvalue weighted by atomic mass is 10.0. The van der Waals surface area contributed by atoms with Crippen molar-refractivity contribution in [2.45, 2.75) is 32.8 Å². The third-order valence-corrected chi connectivity index (χ3v) is 2.63. The Morgan fingerprint density at radius 2 is 2.13 bits per heavy atom. The quantitative estimate of drug-likeness (QED) is 0.664. The second-order valence-electron chi connectivity index (χ2n) is 4.29. The van der Waals surface area contributed by atoms with E-state index in [1.165, 1.54) is 0 Å². The average Bonchev–Trinajstić information content (AvgIpc) is 2.16. The summed E-state index contributed by atoms with van der Waals surface area (Å²) in [7, 11) is 0. The number of hydrogen-bond donors (Lipinski definition) is 3. The van der Waals surface area contributed by atoms with Gasteiger partial charge < -0.3 is 16.2 Å². The zero-order valence-electron chi connectivity index (χ0n) is 9.67. The standard InChI is InChI=1S/C12H20N2O/c1-4-12(3,15)8-14-11-6-5-9(2)7-10(11)13/h5-7,14-15H,4,8,13H2,1-3H3. The van der Waals surface area contributed by atoms with E-state index in [0.717, 1.165) is 16.9 Å². The van der Waals surface area contributed by atoms with E-state index >= 15 is 0 Å². The summed E-state index contributed by atoms with van der Waals surface area (Å²) in [5.74, 6) is 0. The zero-order chi connectivity index (χ0) is 11.5. The highest BCUT2D eigenvalue weighted by atomic mass is 16.3. The molecule has 0 saturated carbocycles. The van der Waals surface area contributed by atoms with Crippen molar-refractivity contribution in [1.29, 1.82) is 0 Å². The number of benzene rings is 1. The number of nitrogens with one attached hydrogen (secondary N) is 1. The Hall–Kier alpha value is -1.22. The molecule has 0 saturated heterocycles. The molecule has 84 valence electrons. The maximum Gasteiger partial charge on any atom is 0.0788 e. The van der Waals surface area contributed by atoms with Gasteiger partial charge in [0.15, 0.2) is 0 Å². The van der Waals surface area contributed by atoms with Crippen LogP contribution >= 0.6 is 0 Å². The molecule has 1 aromatic rings. The summed E-state index contributed by atoms with van der Waals surface area (Å²) < 4.78 is 0. The fraction of sp³-hybridized carbons (Fsp3) is 0.500. The molecule has 0 aliphatic carbocycles. The van der Waals surface area contributed by atoms with Gasteiger partial charge in [0.2, 0.25) is 0 Å². The van der Waals surface area contributed by atoms with Gasteiger partial charge in [0, 0.05) is 6.54 Å². The molecule has 0 fully saturated rings. The van der Waals surface area contributed by atoms with Crippen LogP contribution in [-0.4, -0.2) is 17.3 Å². The van der Waals surface area contributed by atoms with Crippen LogP contribution < -0.4 is 11.1 Å². The van der Waals surface area contributed by atoms with Gasteiger partial charge >= 0.3 is 0 Å².